The Bertz CT molecular complexity index is 332. The van der Waals surface area contributed by atoms with Crippen molar-refractivity contribution in [2.24, 2.45) is 5.73 Å². The van der Waals surface area contributed by atoms with Gasteiger partial charge in [0.05, 0.1) is 0 Å². The van der Waals surface area contributed by atoms with E-state index in [1.54, 1.807) is 0 Å². The normalized spacial score (nSPS) is 26.1. The predicted octanol–water partition coefficient (Wildman–Crippen LogP) is 3.05. The number of carbonyl (C=O) groups is 1. The molecule has 1 saturated heterocycles. The van der Waals surface area contributed by atoms with Crippen LogP contribution in [0, 0.1) is 0 Å². The Morgan fingerprint density at radius 2 is 2.05 bits per heavy atom. The molecule has 1 amide bonds. The third-order valence-electron chi connectivity index (χ3n) is 4.12. The average Bonchev–Trinajstić information content (AvgIpc) is 3.03. The summed E-state index contributed by atoms with van der Waals surface area (Å²) in [6.07, 6.45) is 7.59. The molecule has 19 heavy (non-hydrogen) atoms. The van der Waals surface area contributed by atoms with Gasteiger partial charge in [-0.3, -0.25) is 0 Å². The van der Waals surface area contributed by atoms with E-state index in [0.29, 0.717) is 6.04 Å². The van der Waals surface area contributed by atoms with Gasteiger partial charge in [0.25, 0.3) is 0 Å². The summed E-state index contributed by atoms with van der Waals surface area (Å²) < 4.78 is 5.51. The average molecular weight is 268 g/mol. The number of amides is 1. The summed E-state index contributed by atoms with van der Waals surface area (Å²) >= 11 is 0. The molecule has 1 saturated carbocycles. The minimum absolute atomic E-state index is 0.0804. The first kappa shape index (κ1) is 14.6. The van der Waals surface area contributed by atoms with Gasteiger partial charge in [0, 0.05) is 18.1 Å². The summed E-state index contributed by atoms with van der Waals surface area (Å²) in [4.78, 5) is 14.2. The zero-order valence-electron chi connectivity index (χ0n) is 12.6. The number of likely N-dealkylation sites (tertiary alicyclic amines) is 1. The first-order valence-electron chi connectivity index (χ1n) is 7.58. The van der Waals surface area contributed by atoms with Crippen molar-refractivity contribution < 1.29 is 9.53 Å². The molecule has 0 aromatic carbocycles. The van der Waals surface area contributed by atoms with Crippen LogP contribution >= 0.6 is 0 Å². The number of hydrogen-bond acceptors (Lipinski definition) is 3. The molecule has 0 bridgehead atoms. The van der Waals surface area contributed by atoms with Crippen LogP contribution in [0.2, 0.25) is 0 Å². The van der Waals surface area contributed by atoms with Crippen LogP contribution in [0.5, 0.6) is 0 Å². The number of nitrogens with zero attached hydrogens (tertiary/aromatic N) is 1. The lowest BCUT2D eigenvalue weighted by Gasteiger charge is -2.37. The maximum Gasteiger partial charge on any atom is 0.410 e. The SMILES string of the molecule is CC(C)(C)OC(=O)N1CCCCC1CCC1(N)CC1. The number of piperidine rings is 1. The van der Waals surface area contributed by atoms with E-state index in [1.807, 2.05) is 25.7 Å². The molecule has 110 valence electrons. The minimum Gasteiger partial charge on any atom is -0.444 e. The maximum atomic E-state index is 12.2. The van der Waals surface area contributed by atoms with Crippen molar-refractivity contribution in [1.82, 2.24) is 4.90 Å². The highest BCUT2D eigenvalue weighted by Gasteiger charge is 2.39. The summed E-state index contributed by atoms with van der Waals surface area (Å²) in [5.74, 6) is 0. The molecule has 4 heteroatoms. The van der Waals surface area contributed by atoms with E-state index in [0.717, 1.165) is 45.1 Å². The topological polar surface area (TPSA) is 55.6 Å². The fourth-order valence-electron chi connectivity index (χ4n) is 2.73. The highest BCUT2D eigenvalue weighted by atomic mass is 16.6. The monoisotopic (exact) mass is 268 g/mol. The van der Waals surface area contributed by atoms with Crippen LogP contribution < -0.4 is 5.73 Å². The summed E-state index contributed by atoms with van der Waals surface area (Å²) in [7, 11) is 0. The molecule has 2 aliphatic rings. The Morgan fingerprint density at radius 1 is 1.37 bits per heavy atom. The zero-order valence-corrected chi connectivity index (χ0v) is 12.6. The van der Waals surface area contributed by atoms with E-state index in [4.69, 9.17) is 10.5 Å². The Kier molecular flexibility index (Phi) is 4.09. The number of carbonyl (C=O) groups excluding carboxylic acids is 1. The quantitative estimate of drug-likeness (QED) is 0.856. The molecule has 0 radical (unpaired) electrons. The zero-order chi connectivity index (χ0) is 14.1. The second-order valence-electron chi connectivity index (χ2n) is 7.22. The lowest BCUT2D eigenvalue weighted by Crippen LogP contribution is -2.46. The van der Waals surface area contributed by atoms with Gasteiger partial charge in [-0.05, 0) is 65.7 Å². The third kappa shape index (κ3) is 4.37. The van der Waals surface area contributed by atoms with Crippen LogP contribution in [-0.2, 0) is 4.74 Å². The van der Waals surface area contributed by atoms with Crippen molar-refractivity contribution >= 4 is 6.09 Å². The van der Waals surface area contributed by atoms with E-state index in [9.17, 15) is 4.79 Å². The van der Waals surface area contributed by atoms with Crippen LogP contribution in [0.4, 0.5) is 4.79 Å². The maximum absolute atomic E-state index is 12.2. The molecule has 1 atom stereocenters. The molecule has 1 aliphatic heterocycles. The van der Waals surface area contributed by atoms with Gasteiger partial charge in [-0.2, -0.15) is 0 Å². The Hall–Kier alpha value is -0.770. The summed E-state index contributed by atoms with van der Waals surface area (Å²) in [6, 6.07) is 0.324. The molecule has 1 unspecified atom stereocenters. The molecule has 0 aromatic rings. The van der Waals surface area contributed by atoms with Gasteiger partial charge in [0.2, 0.25) is 0 Å². The van der Waals surface area contributed by atoms with E-state index in [1.165, 1.54) is 6.42 Å². The highest BCUT2D eigenvalue weighted by molar-refractivity contribution is 5.68. The molecule has 4 nitrogen and oxygen atoms in total. The second kappa shape index (κ2) is 5.31. The van der Waals surface area contributed by atoms with Gasteiger partial charge < -0.3 is 15.4 Å². The second-order valence-corrected chi connectivity index (χ2v) is 7.22. The molecular formula is C15H28N2O2. The van der Waals surface area contributed by atoms with Gasteiger partial charge in [-0.1, -0.05) is 0 Å². The van der Waals surface area contributed by atoms with Gasteiger partial charge in [0.15, 0.2) is 0 Å². The van der Waals surface area contributed by atoms with Gasteiger partial charge in [-0.15, -0.1) is 0 Å². The standard InChI is InChI=1S/C15H28N2O2/c1-14(2,3)19-13(18)17-11-5-4-6-12(17)7-8-15(16)9-10-15/h12H,4-11,16H2,1-3H3. The van der Waals surface area contributed by atoms with Crippen LogP contribution in [-0.4, -0.2) is 34.7 Å². The smallest absolute Gasteiger partial charge is 0.410 e. The van der Waals surface area contributed by atoms with E-state index in [-0.39, 0.29) is 11.6 Å². The molecule has 2 rings (SSSR count). The lowest BCUT2D eigenvalue weighted by atomic mass is 9.96. The van der Waals surface area contributed by atoms with Crippen LogP contribution in [0.3, 0.4) is 0 Å². The molecular weight excluding hydrogens is 240 g/mol. The van der Waals surface area contributed by atoms with Crippen LogP contribution in [0.1, 0.15) is 65.7 Å². The largest absolute Gasteiger partial charge is 0.444 e. The Balaban J connectivity index is 1.89. The molecule has 1 aliphatic carbocycles. The van der Waals surface area contributed by atoms with Crippen molar-refractivity contribution in [3.8, 4) is 0 Å². The first-order chi connectivity index (χ1) is 8.79. The summed E-state index contributed by atoms with van der Waals surface area (Å²) in [5.41, 5.74) is 5.82. The number of ether oxygens (including phenoxy) is 1. The predicted molar refractivity (Wildman–Crippen MR) is 76.0 cm³/mol. The number of nitrogens with two attached hydrogens (primary N) is 1. The Morgan fingerprint density at radius 3 is 2.63 bits per heavy atom. The molecule has 2 N–H and O–H groups in total. The van der Waals surface area contributed by atoms with Crippen LogP contribution in [0.15, 0.2) is 0 Å². The van der Waals surface area contributed by atoms with E-state index < -0.39 is 5.60 Å². The minimum atomic E-state index is -0.412. The van der Waals surface area contributed by atoms with Gasteiger partial charge in [-0.25, -0.2) is 4.79 Å². The lowest BCUT2D eigenvalue weighted by molar-refractivity contribution is 0.00833. The number of hydrogen-bond donors (Lipinski definition) is 1. The fourth-order valence-corrected chi connectivity index (χ4v) is 2.73. The Labute approximate surface area is 116 Å². The van der Waals surface area contributed by atoms with Crippen molar-refractivity contribution in [3.63, 3.8) is 0 Å². The van der Waals surface area contributed by atoms with Gasteiger partial charge in [0.1, 0.15) is 5.60 Å². The first-order valence-corrected chi connectivity index (χ1v) is 7.58. The molecule has 0 aromatic heterocycles. The molecule has 2 fully saturated rings. The van der Waals surface area contributed by atoms with Gasteiger partial charge >= 0.3 is 6.09 Å². The van der Waals surface area contributed by atoms with Crippen molar-refractivity contribution in [2.75, 3.05) is 6.54 Å². The summed E-state index contributed by atoms with van der Waals surface area (Å²) in [5, 5.41) is 0. The third-order valence-corrected chi connectivity index (χ3v) is 4.12. The highest BCUT2D eigenvalue weighted by Crippen LogP contribution is 2.38. The van der Waals surface area contributed by atoms with E-state index in [2.05, 4.69) is 0 Å². The molecule has 0 spiro atoms. The fraction of sp³-hybridized carbons (Fsp3) is 0.933. The van der Waals surface area contributed by atoms with E-state index >= 15 is 0 Å². The van der Waals surface area contributed by atoms with Crippen molar-refractivity contribution in [3.05, 3.63) is 0 Å². The van der Waals surface area contributed by atoms with Crippen molar-refractivity contribution in [1.29, 1.82) is 0 Å². The van der Waals surface area contributed by atoms with Crippen LogP contribution in [0.25, 0.3) is 0 Å². The van der Waals surface area contributed by atoms with Crippen molar-refractivity contribution in [2.45, 2.75) is 82.9 Å². The summed E-state index contributed by atoms with van der Waals surface area (Å²) in [6.45, 7) is 6.59. The molecule has 1 heterocycles. The number of rotatable bonds is 3.